The average Bonchev–Trinajstić information content (AvgIpc) is 2.78. The standard InChI is InChI=1S/C16H26N2O3/c1-12-9-14(21-13(12)2)10-17-4-3-15(16(19)11-17)18-5-7-20-8-6-18/h9,15-16,19H,3-8,10-11H2,1-2H3/t15-,16-/m1/s1. The molecule has 2 fully saturated rings. The molecule has 0 spiro atoms. The van der Waals surface area contributed by atoms with E-state index >= 15 is 0 Å². The van der Waals surface area contributed by atoms with Crippen molar-refractivity contribution in [2.75, 3.05) is 39.4 Å². The smallest absolute Gasteiger partial charge is 0.118 e. The first-order valence-corrected chi connectivity index (χ1v) is 7.91. The van der Waals surface area contributed by atoms with E-state index in [1.54, 1.807) is 0 Å². The minimum atomic E-state index is -0.283. The highest BCUT2D eigenvalue weighted by atomic mass is 16.5. The summed E-state index contributed by atoms with van der Waals surface area (Å²) in [5.74, 6) is 2.00. The van der Waals surface area contributed by atoms with Gasteiger partial charge in [-0.05, 0) is 31.9 Å². The molecule has 0 radical (unpaired) electrons. The number of rotatable bonds is 3. The molecular weight excluding hydrogens is 268 g/mol. The molecule has 2 aliphatic heterocycles. The summed E-state index contributed by atoms with van der Waals surface area (Å²) in [6.45, 7) is 10.1. The zero-order valence-electron chi connectivity index (χ0n) is 13.0. The summed E-state index contributed by atoms with van der Waals surface area (Å²) < 4.78 is 11.1. The molecular formula is C16H26N2O3. The van der Waals surface area contributed by atoms with E-state index < -0.39 is 0 Å². The van der Waals surface area contributed by atoms with Crippen molar-refractivity contribution in [3.63, 3.8) is 0 Å². The molecule has 0 bridgehead atoms. The lowest BCUT2D eigenvalue weighted by atomic mass is 9.99. The molecule has 5 heteroatoms. The molecule has 2 saturated heterocycles. The monoisotopic (exact) mass is 294 g/mol. The van der Waals surface area contributed by atoms with Crippen LogP contribution in [0.25, 0.3) is 0 Å². The number of nitrogens with zero attached hydrogens (tertiary/aromatic N) is 2. The second kappa shape index (κ2) is 6.48. The predicted molar refractivity (Wildman–Crippen MR) is 80.3 cm³/mol. The van der Waals surface area contributed by atoms with Gasteiger partial charge in [0.2, 0.25) is 0 Å². The van der Waals surface area contributed by atoms with Gasteiger partial charge in [0.25, 0.3) is 0 Å². The summed E-state index contributed by atoms with van der Waals surface area (Å²) in [4.78, 5) is 4.67. The van der Waals surface area contributed by atoms with Gasteiger partial charge in [-0.25, -0.2) is 0 Å². The van der Waals surface area contributed by atoms with Gasteiger partial charge in [0.15, 0.2) is 0 Å². The van der Waals surface area contributed by atoms with Gasteiger partial charge in [-0.2, -0.15) is 0 Å². The van der Waals surface area contributed by atoms with Crippen LogP contribution in [0.3, 0.4) is 0 Å². The molecule has 0 aromatic carbocycles. The minimum absolute atomic E-state index is 0.283. The van der Waals surface area contributed by atoms with Gasteiger partial charge in [0.05, 0.1) is 25.9 Å². The summed E-state index contributed by atoms with van der Waals surface area (Å²) in [7, 11) is 0. The number of aryl methyl sites for hydroxylation is 2. The second-order valence-electron chi connectivity index (χ2n) is 6.26. The topological polar surface area (TPSA) is 49.1 Å². The van der Waals surface area contributed by atoms with Gasteiger partial charge in [-0.3, -0.25) is 9.80 Å². The third kappa shape index (κ3) is 3.48. The maximum absolute atomic E-state index is 10.5. The number of β-amino-alcohol motifs (C(OH)–C–C–N with tert-alkyl or cyclic N) is 1. The molecule has 3 rings (SSSR count). The molecule has 5 nitrogen and oxygen atoms in total. The van der Waals surface area contributed by atoms with Gasteiger partial charge >= 0.3 is 0 Å². The lowest BCUT2D eigenvalue weighted by Gasteiger charge is -2.42. The van der Waals surface area contributed by atoms with Gasteiger partial charge in [-0.15, -0.1) is 0 Å². The Bertz CT molecular complexity index is 449. The Morgan fingerprint density at radius 1 is 1.24 bits per heavy atom. The maximum atomic E-state index is 10.5. The lowest BCUT2D eigenvalue weighted by Crippen LogP contribution is -2.56. The number of morpholine rings is 1. The fourth-order valence-electron chi connectivity index (χ4n) is 3.41. The van der Waals surface area contributed by atoms with Crippen molar-refractivity contribution in [2.45, 2.75) is 39.0 Å². The van der Waals surface area contributed by atoms with Crippen LogP contribution in [0.4, 0.5) is 0 Å². The Hall–Kier alpha value is -0.880. The van der Waals surface area contributed by atoms with Crippen molar-refractivity contribution in [2.24, 2.45) is 0 Å². The lowest BCUT2D eigenvalue weighted by molar-refractivity contribution is -0.0541. The van der Waals surface area contributed by atoms with Crippen molar-refractivity contribution in [1.82, 2.24) is 9.80 Å². The van der Waals surface area contributed by atoms with Crippen LogP contribution in [0, 0.1) is 13.8 Å². The quantitative estimate of drug-likeness (QED) is 0.907. The minimum Gasteiger partial charge on any atom is -0.465 e. The van der Waals surface area contributed by atoms with E-state index in [1.165, 1.54) is 5.56 Å². The Morgan fingerprint density at radius 2 is 2.00 bits per heavy atom. The Balaban J connectivity index is 1.55. The van der Waals surface area contributed by atoms with Crippen molar-refractivity contribution >= 4 is 0 Å². The molecule has 3 heterocycles. The second-order valence-corrected chi connectivity index (χ2v) is 6.26. The van der Waals surface area contributed by atoms with Crippen LogP contribution in [0.1, 0.15) is 23.5 Å². The third-order valence-electron chi connectivity index (χ3n) is 4.74. The summed E-state index contributed by atoms with van der Waals surface area (Å²) in [5.41, 5.74) is 1.20. The summed E-state index contributed by atoms with van der Waals surface area (Å²) in [6.07, 6.45) is 0.730. The van der Waals surface area contributed by atoms with Gasteiger partial charge in [0, 0.05) is 32.2 Å². The fraction of sp³-hybridized carbons (Fsp3) is 0.750. The first-order valence-electron chi connectivity index (χ1n) is 7.91. The van der Waals surface area contributed by atoms with E-state index in [1.807, 2.05) is 6.92 Å². The molecule has 2 aliphatic rings. The highest BCUT2D eigenvalue weighted by Gasteiger charge is 2.33. The molecule has 0 unspecified atom stereocenters. The van der Waals surface area contributed by atoms with E-state index in [4.69, 9.17) is 9.15 Å². The molecule has 0 aliphatic carbocycles. The molecule has 0 saturated carbocycles. The number of hydrogen-bond donors (Lipinski definition) is 1. The number of hydrogen-bond acceptors (Lipinski definition) is 5. The van der Waals surface area contributed by atoms with E-state index in [0.717, 1.165) is 63.9 Å². The molecule has 1 aromatic heterocycles. The number of furan rings is 1. The van der Waals surface area contributed by atoms with Crippen molar-refractivity contribution in [3.8, 4) is 0 Å². The third-order valence-corrected chi connectivity index (χ3v) is 4.74. The first kappa shape index (κ1) is 15.0. The SMILES string of the molecule is Cc1cc(CN2CC[C@@H](N3CCOCC3)[C@H](O)C2)oc1C. The molecule has 1 N–H and O–H groups in total. The van der Waals surface area contributed by atoms with Gasteiger partial charge < -0.3 is 14.3 Å². The van der Waals surface area contributed by atoms with E-state index in [9.17, 15) is 5.11 Å². The maximum Gasteiger partial charge on any atom is 0.118 e. The zero-order chi connectivity index (χ0) is 14.8. The number of aliphatic hydroxyl groups is 1. The van der Waals surface area contributed by atoms with Gasteiger partial charge in [0.1, 0.15) is 11.5 Å². The highest BCUT2D eigenvalue weighted by Crippen LogP contribution is 2.21. The van der Waals surface area contributed by atoms with E-state index in [2.05, 4.69) is 22.8 Å². The summed E-state index contributed by atoms with van der Waals surface area (Å²) in [6, 6.07) is 2.39. The molecule has 2 atom stereocenters. The first-order chi connectivity index (χ1) is 10.1. The summed E-state index contributed by atoms with van der Waals surface area (Å²) in [5, 5.41) is 10.5. The number of ether oxygens (including phenoxy) is 1. The molecule has 1 aromatic rings. The van der Waals surface area contributed by atoms with Crippen LogP contribution in [0.5, 0.6) is 0 Å². The molecule has 21 heavy (non-hydrogen) atoms. The highest BCUT2D eigenvalue weighted by molar-refractivity contribution is 5.18. The predicted octanol–water partition coefficient (Wildman–Crippen LogP) is 1.16. The zero-order valence-corrected chi connectivity index (χ0v) is 13.0. The number of likely N-dealkylation sites (tertiary alicyclic amines) is 1. The molecule has 0 amide bonds. The van der Waals surface area contributed by atoms with E-state index in [0.29, 0.717) is 0 Å². The van der Waals surface area contributed by atoms with Crippen LogP contribution in [-0.4, -0.2) is 66.4 Å². The van der Waals surface area contributed by atoms with Crippen LogP contribution in [-0.2, 0) is 11.3 Å². The van der Waals surface area contributed by atoms with Gasteiger partial charge in [-0.1, -0.05) is 0 Å². The average molecular weight is 294 g/mol. The van der Waals surface area contributed by atoms with Crippen LogP contribution < -0.4 is 0 Å². The summed E-state index contributed by atoms with van der Waals surface area (Å²) >= 11 is 0. The van der Waals surface area contributed by atoms with E-state index in [-0.39, 0.29) is 12.1 Å². The van der Waals surface area contributed by atoms with Crippen molar-refractivity contribution in [3.05, 3.63) is 23.2 Å². The fourth-order valence-corrected chi connectivity index (χ4v) is 3.41. The van der Waals surface area contributed by atoms with Crippen molar-refractivity contribution in [1.29, 1.82) is 0 Å². The normalized spacial score (nSPS) is 28.9. The van der Waals surface area contributed by atoms with Crippen LogP contribution in [0.15, 0.2) is 10.5 Å². The number of piperidine rings is 1. The van der Waals surface area contributed by atoms with Crippen LogP contribution >= 0.6 is 0 Å². The molecule has 118 valence electrons. The Kier molecular flexibility index (Phi) is 4.64. The van der Waals surface area contributed by atoms with Crippen LogP contribution in [0.2, 0.25) is 0 Å². The Morgan fingerprint density at radius 3 is 2.62 bits per heavy atom. The largest absolute Gasteiger partial charge is 0.465 e. The van der Waals surface area contributed by atoms with Crippen molar-refractivity contribution < 1.29 is 14.3 Å². The Labute approximate surface area is 126 Å². The number of aliphatic hydroxyl groups excluding tert-OH is 1.